The number of nitrogens with one attached hydrogen (secondary N) is 1. The summed E-state index contributed by atoms with van der Waals surface area (Å²) in [5, 5.41) is 15.6. The molecule has 1 aromatic carbocycles. The van der Waals surface area contributed by atoms with Gasteiger partial charge in [0, 0.05) is 6.04 Å². The monoisotopic (exact) mass is 375 g/mol. The molecule has 0 spiro atoms. The summed E-state index contributed by atoms with van der Waals surface area (Å²) in [4.78, 5) is 12.3. The number of para-hydroxylation sites is 2. The number of carbonyl (C=O) groups excluding carboxylic acids is 1. The van der Waals surface area contributed by atoms with Crippen LogP contribution in [0.5, 0.6) is 5.75 Å². The van der Waals surface area contributed by atoms with Gasteiger partial charge in [-0.25, -0.2) is 0 Å². The van der Waals surface area contributed by atoms with E-state index in [0.29, 0.717) is 22.7 Å². The lowest BCUT2D eigenvalue weighted by Crippen LogP contribution is -2.36. The Hall–Kier alpha value is -2.09. The molecule has 1 saturated carbocycles. The molecule has 1 aliphatic rings. The van der Waals surface area contributed by atoms with Crippen LogP contribution in [0.25, 0.3) is 5.69 Å². The highest BCUT2D eigenvalue weighted by Gasteiger charge is 2.17. The lowest BCUT2D eigenvalue weighted by atomic mass is 9.97. The van der Waals surface area contributed by atoms with Crippen molar-refractivity contribution >= 4 is 17.7 Å². The normalized spacial score (nSPS) is 15.9. The summed E-state index contributed by atoms with van der Waals surface area (Å²) in [5.74, 6) is 1.02. The Morgan fingerprint density at radius 3 is 2.73 bits per heavy atom. The van der Waals surface area contributed by atoms with Crippen LogP contribution >= 0.6 is 11.8 Å². The van der Waals surface area contributed by atoms with E-state index < -0.39 is 0 Å². The van der Waals surface area contributed by atoms with E-state index in [4.69, 9.17) is 4.74 Å². The summed E-state index contributed by atoms with van der Waals surface area (Å²) in [6, 6.07) is 7.83. The van der Waals surface area contributed by atoms with Crippen molar-refractivity contribution < 1.29 is 9.53 Å². The molecule has 7 nitrogen and oxygen atoms in total. The summed E-state index contributed by atoms with van der Waals surface area (Å²) >= 11 is 1.33. The van der Waals surface area contributed by atoms with Gasteiger partial charge in [0.2, 0.25) is 11.1 Å². The lowest BCUT2D eigenvalue weighted by Gasteiger charge is -2.20. The lowest BCUT2D eigenvalue weighted by molar-refractivity contribution is -0.119. The highest BCUT2D eigenvalue weighted by molar-refractivity contribution is 7.99. The number of tetrazole rings is 1. The Kier molecular flexibility index (Phi) is 6.88. The predicted molar refractivity (Wildman–Crippen MR) is 101 cm³/mol. The first-order chi connectivity index (χ1) is 12.8. The Labute approximate surface area is 157 Å². The zero-order chi connectivity index (χ0) is 18.2. The third kappa shape index (κ3) is 4.97. The zero-order valence-corrected chi connectivity index (χ0v) is 15.9. The van der Waals surface area contributed by atoms with E-state index in [1.165, 1.54) is 43.9 Å². The molecule has 1 amide bonds. The molecule has 1 aromatic heterocycles. The number of thioether (sulfide) groups is 1. The number of benzene rings is 1. The maximum absolute atomic E-state index is 12.3. The van der Waals surface area contributed by atoms with Gasteiger partial charge in [-0.2, -0.15) is 4.68 Å². The molecule has 1 heterocycles. The molecular formula is C18H25N5O2S. The van der Waals surface area contributed by atoms with Gasteiger partial charge in [-0.3, -0.25) is 4.79 Å². The van der Waals surface area contributed by atoms with E-state index in [1.807, 2.05) is 24.3 Å². The minimum Gasteiger partial charge on any atom is -0.494 e. The molecule has 0 bridgehead atoms. The Morgan fingerprint density at radius 1 is 1.23 bits per heavy atom. The van der Waals surface area contributed by atoms with Gasteiger partial charge in [0.05, 0.1) is 12.9 Å². The third-order valence-corrected chi connectivity index (χ3v) is 5.48. The van der Waals surface area contributed by atoms with Gasteiger partial charge in [0.25, 0.3) is 0 Å². The molecule has 1 N–H and O–H groups in total. The summed E-state index contributed by atoms with van der Waals surface area (Å²) in [7, 11) is 1.61. The van der Waals surface area contributed by atoms with Crippen molar-refractivity contribution in [2.75, 3.05) is 12.9 Å². The number of aromatic nitrogens is 4. The largest absolute Gasteiger partial charge is 0.494 e. The van der Waals surface area contributed by atoms with Crippen molar-refractivity contribution in [1.82, 2.24) is 25.5 Å². The minimum absolute atomic E-state index is 0.0372. The zero-order valence-electron chi connectivity index (χ0n) is 15.1. The van der Waals surface area contributed by atoms with E-state index in [9.17, 15) is 4.79 Å². The number of carbonyl (C=O) groups is 1. The molecule has 3 rings (SSSR count). The molecule has 0 unspecified atom stereocenters. The van der Waals surface area contributed by atoms with Crippen LogP contribution in [0.15, 0.2) is 29.4 Å². The van der Waals surface area contributed by atoms with Gasteiger partial charge < -0.3 is 10.1 Å². The van der Waals surface area contributed by atoms with Crippen molar-refractivity contribution in [3.05, 3.63) is 24.3 Å². The van der Waals surface area contributed by atoms with Crippen LogP contribution in [-0.4, -0.2) is 45.0 Å². The fourth-order valence-corrected chi connectivity index (χ4v) is 3.92. The fraction of sp³-hybridized carbons (Fsp3) is 0.556. The van der Waals surface area contributed by atoms with Gasteiger partial charge >= 0.3 is 0 Å². The molecular weight excluding hydrogens is 350 g/mol. The Bertz CT molecular complexity index is 713. The standard InChI is InChI=1S/C18H25N5O2S/c1-25-16-12-8-7-11-15(16)23-18(20-21-22-23)26-13-17(24)19-14-9-5-3-2-4-6-10-14/h7-8,11-12,14H,2-6,9-10,13H2,1H3,(H,19,24). The molecule has 1 aliphatic carbocycles. The fourth-order valence-electron chi connectivity index (χ4n) is 3.22. The molecule has 26 heavy (non-hydrogen) atoms. The smallest absolute Gasteiger partial charge is 0.230 e. The average molecular weight is 375 g/mol. The van der Waals surface area contributed by atoms with Crippen molar-refractivity contribution in [3.63, 3.8) is 0 Å². The molecule has 140 valence electrons. The number of hydrogen-bond donors (Lipinski definition) is 1. The SMILES string of the molecule is COc1ccccc1-n1nnnc1SCC(=O)NC1CCCCCCC1. The number of ether oxygens (including phenoxy) is 1. The average Bonchev–Trinajstić information content (AvgIpc) is 3.10. The number of amides is 1. The molecule has 0 saturated heterocycles. The van der Waals surface area contributed by atoms with Gasteiger partial charge in [-0.1, -0.05) is 56.0 Å². The summed E-state index contributed by atoms with van der Waals surface area (Å²) in [6.07, 6.45) is 8.42. The first kappa shape index (κ1) is 18.7. The summed E-state index contributed by atoms with van der Waals surface area (Å²) in [6.45, 7) is 0. The number of rotatable bonds is 6. The topological polar surface area (TPSA) is 81.9 Å². The molecule has 1 fully saturated rings. The van der Waals surface area contributed by atoms with Crippen molar-refractivity contribution in [3.8, 4) is 11.4 Å². The van der Waals surface area contributed by atoms with Crippen molar-refractivity contribution in [2.45, 2.75) is 56.1 Å². The van der Waals surface area contributed by atoms with Gasteiger partial charge in [0.15, 0.2) is 0 Å². The molecule has 0 aliphatic heterocycles. The first-order valence-corrected chi connectivity index (χ1v) is 10.1. The number of nitrogens with zero attached hydrogens (tertiary/aromatic N) is 4. The maximum Gasteiger partial charge on any atom is 0.230 e. The molecule has 2 aromatic rings. The third-order valence-electron chi connectivity index (χ3n) is 4.56. The second kappa shape index (κ2) is 9.56. The summed E-state index contributed by atoms with van der Waals surface area (Å²) < 4.78 is 6.97. The highest BCUT2D eigenvalue weighted by atomic mass is 32.2. The highest BCUT2D eigenvalue weighted by Crippen LogP contribution is 2.25. The van der Waals surface area contributed by atoms with Crippen molar-refractivity contribution in [2.24, 2.45) is 0 Å². The Balaban J connectivity index is 1.58. The molecule has 0 radical (unpaired) electrons. The van der Waals surface area contributed by atoms with Crippen LogP contribution in [0.1, 0.15) is 44.9 Å². The molecule has 8 heteroatoms. The van der Waals surface area contributed by atoms with Crippen LogP contribution < -0.4 is 10.1 Å². The van der Waals surface area contributed by atoms with E-state index in [1.54, 1.807) is 11.8 Å². The first-order valence-electron chi connectivity index (χ1n) is 9.12. The number of methoxy groups -OCH3 is 1. The van der Waals surface area contributed by atoms with Crippen LogP contribution in [-0.2, 0) is 4.79 Å². The van der Waals surface area contributed by atoms with Crippen LogP contribution in [0.4, 0.5) is 0 Å². The van der Waals surface area contributed by atoms with Crippen LogP contribution in [0.2, 0.25) is 0 Å². The number of hydrogen-bond acceptors (Lipinski definition) is 6. The summed E-state index contributed by atoms with van der Waals surface area (Å²) in [5.41, 5.74) is 0.753. The van der Waals surface area contributed by atoms with Gasteiger partial charge in [-0.05, 0) is 35.4 Å². The second-order valence-electron chi connectivity index (χ2n) is 6.44. The van der Waals surface area contributed by atoms with Crippen LogP contribution in [0, 0.1) is 0 Å². The quantitative estimate of drug-likeness (QED) is 0.782. The second-order valence-corrected chi connectivity index (χ2v) is 7.39. The van der Waals surface area contributed by atoms with E-state index in [2.05, 4.69) is 20.8 Å². The van der Waals surface area contributed by atoms with E-state index >= 15 is 0 Å². The predicted octanol–water partition coefficient (Wildman–Crippen LogP) is 2.99. The van der Waals surface area contributed by atoms with Crippen LogP contribution in [0.3, 0.4) is 0 Å². The maximum atomic E-state index is 12.3. The van der Waals surface area contributed by atoms with Gasteiger partial charge in [0.1, 0.15) is 11.4 Å². The van der Waals surface area contributed by atoms with Crippen molar-refractivity contribution in [1.29, 1.82) is 0 Å². The van der Waals surface area contributed by atoms with E-state index in [-0.39, 0.29) is 5.91 Å². The minimum atomic E-state index is 0.0372. The van der Waals surface area contributed by atoms with E-state index in [0.717, 1.165) is 18.5 Å². The van der Waals surface area contributed by atoms with Gasteiger partial charge in [-0.15, -0.1) is 5.10 Å². The Morgan fingerprint density at radius 2 is 1.96 bits per heavy atom. The molecule has 0 atom stereocenters.